The average molecular weight is 269 g/mol. The van der Waals surface area contributed by atoms with Crippen LogP contribution in [0.15, 0.2) is 10.8 Å². The first-order valence-corrected chi connectivity index (χ1v) is 6.77. The van der Waals surface area contributed by atoms with E-state index < -0.39 is 11.5 Å². The van der Waals surface area contributed by atoms with Crippen LogP contribution in [0.25, 0.3) is 0 Å². The second kappa shape index (κ2) is 5.52. The van der Waals surface area contributed by atoms with Crippen molar-refractivity contribution >= 4 is 23.2 Å². The Labute approximate surface area is 111 Å². The first kappa shape index (κ1) is 14.7. The fourth-order valence-electron chi connectivity index (χ4n) is 1.63. The third-order valence-electron chi connectivity index (χ3n) is 3.29. The molecule has 1 rings (SSSR count). The third kappa shape index (κ3) is 3.32. The largest absolute Gasteiger partial charge is 0.481 e. The van der Waals surface area contributed by atoms with Gasteiger partial charge in [0.05, 0.1) is 17.5 Å². The lowest BCUT2D eigenvalue weighted by Gasteiger charge is -2.33. The van der Waals surface area contributed by atoms with Crippen molar-refractivity contribution < 1.29 is 14.7 Å². The molecular formula is C13H19NO3S. The van der Waals surface area contributed by atoms with E-state index in [0.717, 1.165) is 5.56 Å². The number of aryl methyl sites for hydroxylation is 1. The zero-order chi connectivity index (χ0) is 13.9. The molecule has 0 spiro atoms. The molecule has 0 bridgehead atoms. The molecule has 100 valence electrons. The molecule has 0 aliphatic heterocycles. The number of nitrogens with one attached hydrogen (secondary N) is 1. The molecule has 2 N–H and O–H groups in total. The van der Waals surface area contributed by atoms with Crippen molar-refractivity contribution in [1.82, 2.24) is 5.32 Å². The predicted molar refractivity (Wildman–Crippen MR) is 72.0 cm³/mol. The highest BCUT2D eigenvalue weighted by molar-refractivity contribution is 7.08. The van der Waals surface area contributed by atoms with Crippen LogP contribution < -0.4 is 5.32 Å². The summed E-state index contributed by atoms with van der Waals surface area (Å²) in [6, 6.07) is 0. The Bertz CT molecular complexity index is 453. The van der Waals surface area contributed by atoms with Gasteiger partial charge in [0.15, 0.2) is 0 Å². The highest BCUT2D eigenvalue weighted by Gasteiger charge is 2.33. The number of carboxylic acids is 1. The van der Waals surface area contributed by atoms with Crippen molar-refractivity contribution in [2.45, 2.75) is 39.7 Å². The highest BCUT2D eigenvalue weighted by Crippen LogP contribution is 2.22. The molecule has 0 aliphatic carbocycles. The van der Waals surface area contributed by atoms with Gasteiger partial charge in [0.1, 0.15) is 0 Å². The normalized spacial score (nSPS) is 14.3. The maximum Gasteiger partial charge on any atom is 0.305 e. The van der Waals surface area contributed by atoms with Gasteiger partial charge in [-0.25, -0.2) is 0 Å². The Hall–Kier alpha value is -1.36. The maximum absolute atomic E-state index is 12.1. The van der Waals surface area contributed by atoms with Crippen LogP contribution in [0.1, 0.15) is 43.1 Å². The monoisotopic (exact) mass is 269 g/mol. The lowest BCUT2D eigenvalue weighted by molar-refractivity contribution is -0.138. The van der Waals surface area contributed by atoms with Crippen molar-refractivity contribution in [1.29, 1.82) is 0 Å². The Morgan fingerprint density at radius 3 is 2.44 bits per heavy atom. The molecule has 1 aromatic rings. The minimum Gasteiger partial charge on any atom is -0.481 e. The van der Waals surface area contributed by atoms with Gasteiger partial charge < -0.3 is 10.4 Å². The smallest absolute Gasteiger partial charge is 0.305 e. The zero-order valence-electron chi connectivity index (χ0n) is 11.1. The lowest BCUT2D eigenvalue weighted by atomic mass is 9.85. The van der Waals surface area contributed by atoms with Crippen molar-refractivity contribution in [2.24, 2.45) is 5.92 Å². The van der Waals surface area contributed by atoms with Crippen LogP contribution in [0.4, 0.5) is 0 Å². The number of carbonyl (C=O) groups is 2. The van der Waals surface area contributed by atoms with Crippen LogP contribution in [0.3, 0.4) is 0 Å². The van der Waals surface area contributed by atoms with Crippen molar-refractivity contribution in [3.63, 3.8) is 0 Å². The van der Waals surface area contributed by atoms with E-state index in [9.17, 15) is 9.59 Å². The molecule has 0 saturated heterocycles. The third-order valence-corrected chi connectivity index (χ3v) is 4.15. The van der Waals surface area contributed by atoms with Gasteiger partial charge in [-0.05, 0) is 30.7 Å². The summed E-state index contributed by atoms with van der Waals surface area (Å²) in [5.74, 6) is -1.07. The number of rotatable bonds is 5. The number of amides is 1. The van der Waals surface area contributed by atoms with Crippen molar-refractivity contribution in [3.8, 4) is 0 Å². The van der Waals surface area contributed by atoms with E-state index in [1.165, 1.54) is 11.3 Å². The molecular weight excluding hydrogens is 250 g/mol. The minimum atomic E-state index is -0.909. The molecule has 1 aromatic heterocycles. The summed E-state index contributed by atoms with van der Waals surface area (Å²) >= 11 is 1.47. The topological polar surface area (TPSA) is 66.4 Å². The van der Waals surface area contributed by atoms with E-state index in [1.54, 1.807) is 12.3 Å². The second-order valence-corrected chi connectivity index (χ2v) is 5.81. The van der Waals surface area contributed by atoms with Crippen LogP contribution in [-0.2, 0) is 4.79 Å². The summed E-state index contributed by atoms with van der Waals surface area (Å²) in [4.78, 5) is 23.0. The fourth-order valence-corrected chi connectivity index (χ4v) is 2.45. The molecule has 4 nitrogen and oxygen atoms in total. The Morgan fingerprint density at radius 1 is 1.44 bits per heavy atom. The fraction of sp³-hybridized carbons (Fsp3) is 0.538. The predicted octanol–water partition coefficient (Wildman–Crippen LogP) is 2.68. The molecule has 1 heterocycles. The second-order valence-electron chi connectivity index (χ2n) is 5.07. The zero-order valence-corrected chi connectivity index (χ0v) is 11.9. The van der Waals surface area contributed by atoms with Crippen LogP contribution in [0.5, 0.6) is 0 Å². The minimum absolute atomic E-state index is 0.0384. The molecule has 0 aliphatic rings. The van der Waals surface area contributed by atoms with Crippen LogP contribution in [0, 0.1) is 12.8 Å². The Morgan fingerprint density at radius 2 is 2.06 bits per heavy atom. The highest BCUT2D eigenvalue weighted by atomic mass is 32.1. The van der Waals surface area contributed by atoms with E-state index in [2.05, 4.69) is 5.32 Å². The quantitative estimate of drug-likeness (QED) is 0.863. The van der Waals surface area contributed by atoms with Gasteiger partial charge in [-0.2, -0.15) is 11.3 Å². The van der Waals surface area contributed by atoms with Crippen molar-refractivity contribution in [2.75, 3.05) is 0 Å². The van der Waals surface area contributed by atoms with Crippen LogP contribution in [-0.4, -0.2) is 22.5 Å². The molecule has 1 atom stereocenters. The molecule has 18 heavy (non-hydrogen) atoms. The van der Waals surface area contributed by atoms with Gasteiger partial charge in [0.2, 0.25) is 0 Å². The first-order chi connectivity index (χ1) is 8.26. The number of hydrogen-bond donors (Lipinski definition) is 2. The van der Waals surface area contributed by atoms with Gasteiger partial charge >= 0.3 is 5.97 Å². The van der Waals surface area contributed by atoms with E-state index in [1.807, 2.05) is 26.2 Å². The van der Waals surface area contributed by atoms with Gasteiger partial charge in [-0.1, -0.05) is 13.8 Å². The molecule has 1 unspecified atom stereocenters. The summed E-state index contributed by atoms with van der Waals surface area (Å²) in [6.45, 7) is 7.45. The van der Waals surface area contributed by atoms with Crippen molar-refractivity contribution in [3.05, 3.63) is 21.9 Å². The Kier molecular flexibility index (Phi) is 4.51. The Balaban J connectivity index is 2.88. The van der Waals surface area contributed by atoms with E-state index in [0.29, 0.717) is 5.56 Å². The van der Waals surface area contributed by atoms with Gasteiger partial charge in [-0.15, -0.1) is 0 Å². The number of aliphatic carboxylic acids is 1. The molecule has 1 amide bonds. The number of hydrogen-bond acceptors (Lipinski definition) is 3. The lowest BCUT2D eigenvalue weighted by Crippen LogP contribution is -2.51. The summed E-state index contributed by atoms with van der Waals surface area (Å²) < 4.78 is 0. The van der Waals surface area contributed by atoms with Crippen LogP contribution >= 0.6 is 11.3 Å². The molecule has 5 heteroatoms. The number of carbonyl (C=O) groups excluding carboxylic acids is 1. The standard InChI is InChI=1S/C13H19NO3S/c1-8(2)13(4,5-11(15)16)14-12(17)10-7-18-6-9(10)3/h6-8H,5H2,1-4H3,(H,14,17)(H,15,16). The molecule has 0 radical (unpaired) electrons. The molecule has 0 aromatic carbocycles. The molecule has 0 saturated carbocycles. The van der Waals surface area contributed by atoms with E-state index in [4.69, 9.17) is 5.11 Å². The van der Waals surface area contributed by atoms with Gasteiger partial charge in [-0.3, -0.25) is 9.59 Å². The van der Waals surface area contributed by atoms with E-state index >= 15 is 0 Å². The number of carboxylic acid groups (broad SMARTS) is 1. The number of thiophene rings is 1. The first-order valence-electron chi connectivity index (χ1n) is 5.83. The maximum atomic E-state index is 12.1. The van der Waals surface area contributed by atoms with Crippen LogP contribution in [0.2, 0.25) is 0 Å². The summed E-state index contributed by atoms with van der Waals surface area (Å²) in [5, 5.41) is 15.5. The SMILES string of the molecule is Cc1cscc1C(=O)NC(C)(CC(=O)O)C(C)C. The summed E-state index contributed by atoms with van der Waals surface area (Å²) in [7, 11) is 0. The van der Waals surface area contributed by atoms with Gasteiger partial charge in [0, 0.05) is 5.38 Å². The average Bonchev–Trinajstić information content (AvgIpc) is 2.62. The summed E-state index contributed by atoms with van der Waals surface area (Å²) in [5.41, 5.74) is 0.799. The molecule has 0 fully saturated rings. The van der Waals surface area contributed by atoms with Gasteiger partial charge in [0.25, 0.3) is 5.91 Å². The summed E-state index contributed by atoms with van der Waals surface area (Å²) in [6.07, 6.45) is -0.0837. The van der Waals surface area contributed by atoms with E-state index in [-0.39, 0.29) is 18.2 Å².